The molecule has 0 radical (unpaired) electrons. The van der Waals surface area contributed by atoms with Crippen molar-refractivity contribution in [2.45, 2.75) is 30.9 Å². The largest absolute Gasteiger partial charge is 0.530 e. The predicted octanol–water partition coefficient (Wildman–Crippen LogP) is 0.187. The number of aromatic amines is 1. The van der Waals surface area contributed by atoms with Crippen molar-refractivity contribution >= 4 is 7.82 Å². The zero-order chi connectivity index (χ0) is 22.6. The second-order valence-electron chi connectivity index (χ2n) is 6.22. The second kappa shape index (κ2) is 7.17. The normalized spacial score (nSPS) is 35.3. The van der Waals surface area contributed by atoms with E-state index in [1.165, 1.54) is 6.07 Å². The Kier molecular flexibility index (Phi) is 4.33. The Morgan fingerprint density at radius 2 is 2.14 bits per heavy atom. The minimum Gasteiger partial charge on any atom is -0.404 e. The SMILES string of the molecule is [2H]C([2H])(OP1(=O)OCc2ccccc2O1)[C@@]1(F)O[C@@H](n2ccc(=O)[nH]c2=O)[C@H](O)[C@@H]1O. The molecule has 1 unspecified atom stereocenters. The van der Waals surface area contributed by atoms with Crippen molar-refractivity contribution < 1.29 is 40.2 Å². The monoisotopic (exact) mass is 432 g/mol. The van der Waals surface area contributed by atoms with Gasteiger partial charge < -0.3 is 19.5 Å². The summed E-state index contributed by atoms with van der Waals surface area (Å²) in [6.45, 7) is -3.97. The zero-order valence-corrected chi connectivity index (χ0v) is 15.3. The van der Waals surface area contributed by atoms with Gasteiger partial charge >= 0.3 is 13.5 Å². The van der Waals surface area contributed by atoms with Crippen molar-refractivity contribution in [3.63, 3.8) is 0 Å². The number of ether oxygens (including phenoxy) is 1. The Labute approximate surface area is 164 Å². The summed E-state index contributed by atoms with van der Waals surface area (Å²) >= 11 is 0. The molecular weight excluding hydrogens is 414 g/mol. The van der Waals surface area contributed by atoms with Crippen LogP contribution < -0.4 is 15.8 Å². The quantitative estimate of drug-likeness (QED) is 0.576. The first-order valence-corrected chi connectivity index (χ1v) is 9.69. The van der Waals surface area contributed by atoms with E-state index in [4.69, 9.17) is 21.0 Å². The van der Waals surface area contributed by atoms with Crippen molar-refractivity contribution in [2.75, 3.05) is 6.56 Å². The Balaban J connectivity index is 1.62. The highest BCUT2D eigenvalue weighted by Gasteiger charge is 2.57. The first kappa shape index (κ1) is 17.5. The first-order chi connectivity index (χ1) is 14.5. The summed E-state index contributed by atoms with van der Waals surface area (Å²) in [5.41, 5.74) is -1.42. The van der Waals surface area contributed by atoms with Crippen molar-refractivity contribution in [1.29, 1.82) is 0 Å². The average molecular weight is 432 g/mol. The van der Waals surface area contributed by atoms with Crippen molar-refractivity contribution in [3.8, 4) is 5.75 Å². The van der Waals surface area contributed by atoms with Gasteiger partial charge in [-0.25, -0.2) is 13.8 Å². The number of hydrogen-bond donors (Lipinski definition) is 3. The third kappa shape index (κ3) is 3.66. The summed E-state index contributed by atoms with van der Waals surface area (Å²) in [7, 11) is -4.72. The van der Waals surface area contributed by atoms with Gasteiger partial charge in [-0.2, -0.15) is 0 Å². The summed E-state index contributed by atoms with van der Waals surface area (Å²) in [5, 5.41) is 20.4. The van der Waals surface area contributed by atoms with Gasteiger partial charge in [-0.1, -0.05) is 18.2 Å². The van der Waals surface area contributed by atoms with E-state index in [1.54, 1.807) is 18.2 Å². The van der Waals surface area contributed by atoms with E-state index in [1.807, 2.05) is 4.98 Å². The fourth-order valence-electron chi connectivity index (χ4n) is 2.79. The highest BCUT2D eigenvalue weighted by molar-refractivity contribution is 7.49. The zero-order valence-electron chi connectivity index (χ0n) is 16.4. The number of rotatable bonds is 4. The van der Waals surface area contributed by atoms with Gasteiger partial charge in [0.15, 0.2) is 6.23 Å². The van der Waals surface area contributed by atoms with Crippen LogP contribution in [-0.2, 0) is 25.0 Å². The molecule has 1 fully saturated rings. The van der Waals surface area contributed by atoms with E-state index in [9.17, 15) is 24.4 Å². The summed E-state index contributed by atoms with van der Waals surface area (Å²) in [5.74, 6) is -3.75. The molecule has 13 heteroatoms. The molecule has 5 atom stereocenters. The Morgan fingerprint density at radius 1 is 1.38 bits per heavy atom. The maximum absolute atomic E-state index is 15.6. The number of phosphoric acid groups is 1. The minimum absolute atomic E-state index is 0.0615. The van der Waals surface area contributed by atoms with Gasteiger partial charge in [0.2, 0.25) is 0 Å². The number of aliphatic hydroxyl groups excluding tert-OH is 2. The van der Waals surface area contributed by atoms with Crippen molar-refractivity contribution in [2.24, 2.45) is 0 Å². The molecule has 29 heavy (non-hydrogen) atoms. The molecule has 0 saturated carbocycles. The van der Waals surface area contributed by atoms with Crippen LogP contribution >= 0.6 is 7.82 Å². The number of nitrogens with zero attached hydrogens (tertiary/aromatic N) is 1. The van der Waals surface area contributed by atoms with E-state index in [0.29, 0.717) is 10.1 Å². The molecule has 2 aliphatic heterocycles. The number of halogens is 1. The number of alkyl halides is 1. The van der Waals surface area contributed by atoms with Crippen LogP contribution in [0.3, 0.4) is 0 Å². The Bertz CT molecular complexity index is 1170. The van der Waals surface area contributed by atoms with Gasteiger partial charge in [0.05, 0.1) is 9.35 Å². The van der Waals surface area contributed by atoms with Crippen LogP contribution in [-0.4, -0.2) is 44.4 Å². The Hall–Kier alpha value is -2.34. The lowest BCUT2D eigenvalue weighted by molar-refractivity contribution is -0.205. The molecule has 1 aromatic heterocycles. The first-order valence-electron chi connectivity index (χ1n) is 9.23. The minimum atomic E-state index is -4.72. The van der Waals surface area contributed by atoms with E-state index >= 15 is 4.39 Å². The number of aliphatic hydroxyl groups is 2. The molecule has 11 nitrogen and oxygen atoms in total. The summed E-state index contributed by atoms with van der Waals surface area (Å²) < 4.78 is 64.3. The highest BCUT2D eigenvalue weighted by Crippen LogP contribution is 2.55. The topological polar surface area (TPSA) is 149 Å². The summed E-state index contributed by atoms with van der Waals surface area (Å²) in [6, 6.07) is 7.08. The fraction of sp³-hybridized carbons (Fsp3) is 0.375. The van der Waals surface area contributed by atoms with Crippen LogP contribution in [0.1, 0.15) is 14.5 Å². The highest BCUT2D eigenvalue weighted by atomic mass is 31.2. The van der Waals surface area contributed by atoms with Crippen molar-refractivity contribution in [1.82, 2.24) is 9.55 Å². The van der Waals surface area contributed by atoms with Gasteiger partial charge in [0.1, 0.15) is 24.5 Å². The smallest absolute Gasteiger partial charge is 0.404 e. The Morgan fingerprint density at radius 3 is 2.90 bits per heavy atom. The summed E-state index contributed by atoms with van der Waals surface area (Å²) in [6.07, 6.45) is -5.84. The van der Waals surface area contributed by atoms with Crippen LogP contribution in [0.2, 0.25) is 0 Å². The molecule has 4 rings (SSSR count). The number of H-pyrrole nitrogens is 1. The molecule has 0 amide bonds. The van der Waals surface area contributed by atoms with E-state index in [-0.39, 0.29) is 12.4 Å². The van der Waals surface area contributed by atoms with E-state index in [0.717, 1.165) is 12.3 Å². The van der Waals surface area contributed by atoms with E-state index < -0.39 is 49.9 Å². The maximum Gasteiger partial charge on any atom is 0.530 e. The molecule has 2 aromatic rings. The predicted molar refractivity (Wildman–Crippen MR) is 92.7 cm³/mol. The van der Waals surface area contributed by atoms with Gasteiger partial charge in [-0.15, -0.1) is 0 Å². The van der Waals surface area contributed by atoms with Crippen LogP contribution in [0.15, 0.2) is 46.1 Å². The number of fused-ring (bicyclic) bond motifs is 1. The van der Waals surface area contributed by atoms with Crippen LogP contribution in [0, 0.1) is 0 Å². The molecule has 156 valence electrons. The van der Waals surface area contributed by atoms with Gasteiger partial charge in [0, 0.05) is 17.8 Å². The molecule has 3 N–H and O–H groups in total. The number of aromatic nitrogens is 2. The number of nitrogens with one attached hydrogen (secondary N) is 1. The molecule has 1 saturated heterocycles. The molecule has 0 bridgehead atoms. The van der Waals surface area contributed by atoms with Crippen LogP contribution in [0.4, 0.5) is 4.39 Å². The van der Waals surface area contributed by atoms with Crippen LogP contribution in [0.25, 0.3) is 0 Å². The van der Waals surface area contributed by atoms with E-state index in [2.05, 4.69) is 0 Å². The molecule has 1 aromatic carbocycles. The van der Waals surface area contributed by atoms with Gasteiger partial charge in [0.25, 0.3) is 11.4 Å². The second-order valence-corrected chi connectivity index (χ2v) is 7.74. The molecule has 2 aliphatic rings. The molecule has 0 spiro atoms. The lowest BCUT2D eigenvalue weighted by Crippen LogP contribution is -2.43. The third-order valence-corrected chi connectivity index (χ3v) is 5.45. The number of benzene rings is 1. The number of para-hydroxylation sites is 1. The lowest BCUT2D eigenvalue weighted by atomic mass is 10.1. The third-order valence-electron chi connectivity index (χ3n) is 4.27. The molecule has 0 aliphatic carbocycles. The molecule has 3 heterocycles. The lowest BCUT2D eigenvalue weighted by Gasteiger charge is -2.28. The van der Waals surface area contributed by atoms with Crippen molar-refractivity contribution in [3.05, 3.63) is 62.9 Å². The van der Waals surface area contributed by atoms with Gasteiger partial charge in [-0.05, 0) is 6.07 Å². The fourth-order valence-corrected chi connectivity index (χ4v) is 3.89. The average Bonchev–Trinajstić information content (AvgIpc) is 2.93. The van der Waals surface area contributed by atoms with Crippen LogP contribution in [0.5, 0.6) is 5.75 Å². The number of phosphoric ester groups is 1. The maximum atomic E-state index is 15.6. The number of hydrogen-bond acceptors (Lipinski definition) is 9. The molecular formula is C16H16FN2O9P. The standard InChI is InChI=1S/C16H16FN2O9P/c17-16(8-26-29(24)25-7-9-3-1-2-4-10(9)28-29)13(22)12(21)14(27-16)19-6-5-11(20)18-15(19)23/h1-6,12-14,21-22H,7-8H2,(H,18,20,23)/t12-,13+,14-,16-,29?/m1/s1/i8D2. The van der Waals surface area contributed by atoms with Gasteiger partial charge in [-0.3, -0.25) is 23.4 Å². The summed E-state index contributed by atoms with van der Waals surface area (Å²) in [4.78, 5) is 25.0.